The second kappa shape index (κ2) is 6.02. The Bertz CT molecular complexity index is 671. The lowest BCUT2D eigenvalue weighted by Gasteiger charge is -2.31. The van der Waals surface area contributed by atoms with Crippen molar-refractivity contribution in [2.75, 3.05) is 25.0 Å². The highest BCUT2D eigenvalue weighted by atomic mass is 16.4. The van der Waals surface area contributed by atoms with E-state index in [1.807, 2.05) is 6.07 Å². The maximum Gasteiger partial charge on any atom is 0.308 e. The number of piperidine rings is 1. The number of rotatable bonds is 2. The lowest BCUT2D eigenvalue weighted by atomic mass is 9.96. The van der Waals surface area contributed by atoms with Gasteiger partial charge >= 0.3 is 5.97 Å². The van der Waals surface area contributed by atoms with E-state index < -0.39 is 11.9 Å². The summed E-state index contributed by atoms with van der Waals surface area (Å²) in [5.41, 5.74) is 2.40. The van der Waals surface area contributed by atoms with Gasteiger partial charge in [0.25, 0.3) is 5.91 Å². The van der Waals surface area contributed by atoms with Gasteiger partial charge in [0.15, 0.2) is 0 Å². The number of aliphatic carboxylic acids is 1. The monoisotopic (exact) mass is 316 g/mol. The van der Waals surface area contributed by atoms with Crippen LogP contribution in [0.25, 0.3) is 0 Å². The Morgan fingerprint density at radius 1 is 1.26 bits per heavy atom. The molecule has 1 aromatic carbocycles. The smallest absolute Gasteiger partial charge is 0.308 e. The molecule has 23 heavy (non-hydrogen) atoms. The van der Waals surface area contributed by atoms with Crippen molar-refractivity contribution >= 4 is 23.5 Å². The van der Waals surface area contributed by atoms with E-state index in [9.17, 15) is 14.4 Å². The van der Waals surface area contributed by atoms with E-state index in [1.165, 1.54) is 0 Å². The summed E-state index contributed by atoms with van der Waals surface area (Å²) in [6.07, 6.45) is 2.42. The normalized spacial score (nSPS) is 21.1. The molecular weight excluding hydrogens is 296 g/mol. The number of benzene rings is 1. The van der Waals surface area contributed by atoms with Crippen LogP contribution in [0, 0.1) is 5.92 Å². The zero-order chi connectivity index (χ0) is 16.6. The van der Waals surface area contributed by atoms with Crippen molar-refractivity contribution in [1.82, 2.24) is 4.90 Å². The molecule has 0 aromatic heterocycles. The number of carbonyl (C=O) groups excluding carboxylic acids is 2. The first kappa shape index (κ1) is 15.5. The van der Waals surface area contributed by atoms with Crippen molar-refractivity contribution < 1.29 is 19.5 Å². The fourth-order valence-electron chi connectivity index (χ4n) is 3.34. The molecule has 1 fully saturated rings. The predicted molar refractivity (Wildman–Crippen MR) is 84.4 cm³/mol. The fourth-order valence-corrected chi connectivity index (χ4v) is 3.34. The molecule has 0 saturated carbocycles. The van der Waals surface area contributed by atoms with Gasteiger partial charge in [0.05, 0.1) is 5.92 Å². The highest BCUT2D eigenvalue weighted by Gasteiger charge is 2.29. The Balaban J connectivity index is 1.80. The number of nitrogens with zero attached hydrogens (tertiary/aromatic N) is 2. The quantitative estimate of drug-likeness (QED) is 0.897. The lowest BCUT2D eigenvalue weighted by Crippen LogP contribution is -2.42. The van der Waals surface area contributed by atoms with Gasteiger partial charge in [-0.3, -0.25) is 14.4 Å². The van der Waals surface area contributed by atoms with E-state index in [0.717, 1.165) is 11.3 Å². The van der Waals surface area contributed by atoms with Gasteiger partial charge in [-0.1, -0.05) is 0 Å². The third kappa shape index (κ3) is 2.93. The molecule has 2 heterocycles. The number of aryl methyl sites for hydroxylation is 1. The molecule has 0 spiro atoms. The van der Waals surface area contributed by atoms with Gasteiger partial charge in [-0.15, -0.1) is 0 Å². The van der Waals surface area contributed by atoms with Crippen LogP contribution in [0.5, 0.6) is 0 Å². The number of hydrogen-bond acceptors (Lipinski definition) is 3. The van der Waals surface area contributed by atoms with E-state index in [1.54, 1.807) is 29.0 Å². The third-order valence-corrected chi connectivity index (χ3v) is 4.73. The van der Waals surface area contributed by atoms with Crippen molar-refractivity contribution in [3.63, 3.8) is 0 Å². The largest absolute Gasteiger partial charge is 0.481 e. The van der Waals surface area contributed by atoms with E-state index in [2.05, 4.69) is 0 Å². The SMILES string of the molecule is CN1C(=O)CCc2cc(C(=O)N3CCC[C@H](C(=O)O)C3)ccc21. The molecule has 6 nitrogen and oxygen atoms in total. The average molecular weight is 316 g/mol. The van der Waals surface area contributed by atoms with E-state index >= 15 is 0 Å². The number of likely N-dealkylation sites (tertiary alicyclic amines) is 1. The highest BCUT2D eigenvalue weighted by Crippen LogP contribution is 2.28. The van der Waals surface area contributed by atoms with Crippen LogP contribution in [0.2, 0.25) is 0 Å². The first-order valence-electron chi connectivity index (χ1n) is 7.89. The fraction of sp³-hybridized carbons (Fsp3) is 0.471. The molecule has 1 N–H and O–H groups in total. The summed E-state index contributed by atoms with van der Waals surface area (Å²) < 4.78 is 0. The molecule has 2 aliphatic rings. The van der Waals surface area contributed by atoms with Gasteiger partial charge in [-0.25, -0.2) is 0 Å². The van der Waals surface area contributed by atoms with Crippen molar-refractivity contribution in [3.05, 3.63) is 29.3 Å². The highest BCUT2D eigenvalue weighted by molar-refractivity contribution is 5.99. The summed E-state index contributed by atoms with van der Waals surface area (Å²) in [5, 5.41) is 9.15. The summed E-state index contributed by atoms with van der Waals surface area (Å²) in [6.45, 7) is 0.863. The van der Waals surface area contributed by atoms with Gasteiger partial charge in [0, 0.05) is 37.8 Å². The third-order valence-electron chi connectivity index (χ3n) is 4.73. The van der Waals surface area contributed by atoms with Gasteiger partial charge in [-0.2, -0.15) is 0 Å². The van der Waals surface area contributed by atoms with Crippen LogP contribution in [0.1, 0.15) is 35.2 Å². The predicted octanol–water partition coefficient (Wildman–Crippen LogP) is 1.53. The van der Waals surface area contributed by atoms with Crippen molar-refractivity contribution in [3.8, 4) is 0 Å². The molecule has 3 rings (SSSR count). The molecule has 1 saturated heterocycles. The second-order valence-corrected chi connectivity index (χ2v) is 6.22. The average Bonchev–Trinajstić information content (AvgIpc) is 2.57. The molecule has 6 heteroatoms. The molecule has 122 valence electrons. The van der Waals surface area contributed by atoms with Crippen LogP contribution in [-0.4, -0.2) is 47.9 Å². The molecule has 0 radical (unpaired) electrons. The maximum atomic E-state index is 12.7. The molecule has 2 aliphatic heterocycles. The summed E-state index contributed by atoms with van der Waals surface area (Å²) in [4.78, 5) is 38.8. The van der Waals surface area contributed by atoms with Crippen LogP contribution in [-0.2, 0) is 16.0 Å². The number of carbonyl (C=O) groups is 3. The van der Waals surface area contributed by atoms with Crippen LogP contribution in [0.3, 0.4) is 0 Å². The number of carboxylic acids is 1. The van der Waals surface area contributed by atoms with Crippen LogP contribution in [0.15, 0.2) is 18.2 Å². The van der Waals surface area contributed by atoms with Crippen LogP contribution in [0.4, 0.5) is 5.69 Å². The molecule has 0 bridgehead atoms. The summed E-state index contributed by atoms with van der Waals surface area (Å²) in [6, 6.07) is 5.36. The number of hydrogen-bond donors (Lipinski definition) is 1. The van der Waals surface area contributed by atoms with E-state index in [4.69, 9.17) is 5.11 Å². The summed E-state index contributed by atoms with van der Waals surface area (Å²) in [5.74, 6) is -1.36. The molecule has 2 amide bonds. The minimum Gasteiger partial charge on any atom is -0.481 e. The topological polar surface area (TPSA) is 77.9 Å². The Hall–Kier alpha value is -2.37. The summed E-state index contributed by atoms with van der Waals surface area (Å²) >= 11 is 0. The molecule has 0 aliphatic carbocycles. The second-order valence-electron chi connectivity index (χ2n) is 6.22. The van der Waals surface area contributed by atoms with Crippen LogP contribution < -0.4 is 4.90 Å². The summed E-state index contributed by atoms with van der Waals surface area (Å²) in [7, 11) is 1.74. The van der Waals surface area contributed by atoms with Crippen LogP contribution >= 0.6 is 0 Å². The lowest BCUT2D eigenvalue weighted by molar-refractivity contribution is -0.143. The molecule has 1 atom stereocenters. The maximum absolute atomic E-state index is 12.7. The van der Waals surface area contributed by atoms with Crippen molar-refractivity contribution in [2.24, 2.45) is 5.92 Å². The Morgan fingerprint density at radius 2 is 2.04 bits per heavy atom. The zero-order valence-electron chi connectivity index (χ0n) is 13.1. The minimum atomic E-state index is -0.840. The minimum absolute atomic E-state index is 0.0805. The van der Waals surface area contributed by atoms with Gasteiger partial charge in [0.1, 0.15) is 0 Å². The van der Waals surface area contributed by atoms with E-state index in [-0.39, 0.29) is 18.4 Å². The first-order chi connectivity index (χ1) is 11.0. The first-order valence-corrected chi connectivity index (χ1v) is 7.89. The van der Waals surface area contributed by atoms with Crippen molar-refractivity contribution in [2.45, 2.75) is 25.7 Å². The zero-order valence-corrected chi connectivity index (χ0v) is 13.1. The van der Waals surface area contributed by atoms with E-state index in [0.29, 0.717) is 37.8 Å². The Labute approximate surface area is 134 Å². The molecule has 0 unspecified atom stereocenters. The molecular formula is C17H20N2O4. The van der Waals surface area contributed by atoms with Gasteiger partial charge in [-0.05, 0) is 43.0 Å². The number of carboxylic acid groups (broad SMARTS) is 1. The van der Waals surface area contributed by atoms with Gasteiger partial charge in [0.2, 0.25) is 5.91 Å². The van der Waals surface area contributed by atoms with Gasteiger partial charge < -0.3 is 14.9 Å². The number of anilines is 1. The Morgan fingerprint density at radius 3 is 2.78 bits per heavy atom. The number of amides is 2. The number of fused-ring (bicyclic) bond motifs is 1. The standard InChI is InChI=1S/C17H20N2O4/c1-18-14-6-4-12(9-11(14)5-7-15(18)20)16(21)19-8-2-3-13(10-19)17(22)23/h4,6,9,13H,2-3,5,7-8,10H2,1H3,(H,22,23)/t13-/m0/s1. The van der Waals surface area contributed by atoms with Crippen molar-refractivity contribution in [1.29, 1.82) is 0 Å². The Kier molecular flexibility index (Phi) is 4.07. The molecule has 1 aromatic rings.